The fourth-order valence-corrected chi connectivity index (χ4v) is 4.60. The molecule has 0 saturated carbocycles. The molecule has 40 heavy (non-hydrogen) atoms. The molecule has 1 atom stereocenters. The maximum atomic E-state index is 13.2. The monoisotopic (exact) mass is 581 g/mol. The summed E-state index contributed by atoms with van der Waals surface area (Å²) in [4.78, 5) is 30.3. The predicted octanol–water partition coefficient (Wildman–Crippen LogP) is 4.72. The Balaban J connectivity index is 0.00000220. The second kappa shape index (κ2) is 13.1. The van der Waals surface area contributed by atoms with Crippen molar-refractivity contribution in [3.63, 3.8) is 0 Å². The highest BCUT2D eigenvalue weighted by atomic mass is 35.5. The van der Waals surface area contributed by atoms with Crippen molar-refractivity contribution in [3.8, 4) is 11.1 Å². The van der Waals surface area contributed by atoms with Gasteiger partial charge in [-0.1, -0.05) is 78.9 Å². The molecule has 2 amide bonds. The van der Waals surface area contributed by atoms with E-state index in [9.17, 15) is 9.59 Å². The van der Waals surface area contributed by atoms with Crippen LogP contribution in [0.25, 0.3) is 11.1 Å². The molecule has 5 rings (SSSR count). The van der Waals surface area contributed by atoms with Gasteiger partial charge in [-0.05, 0) is 41.7 Å². The Kier molecular flexibility index (Phi) is 10.1. The Bertz CT molecular complexity index is 1410. The third kappa shape index (κ3) is 6.71. The average Bonchev–Trinajstić information content (AvgIpc) is 3.50. The molecule has 0 bridgehead atoms. The first-order valence-corrected chi connectivity index (χ1v) is 12.6. The predicted molar refractivity (Wildman–Crippen MR) is 161 cm³/mol. The molecule has 8 nitrogen and oxygen atoms in total. The van der Waals surface area contributed by atoms with Crippen LogP contribution in [0.2, 0.25) is 0 Å². The summed E-state index contributed by atoms with van der Waals surface area (Å²) < 4.78 is 7.77. The summed E-state index contributed by atoms with van der Waals surface area (Å²) in [5.41, 5.74) is 10.5. The molecule has 0 unspecified atom stereocenters. The number of anilines is 1. The number of fused-ring (bicyclic) bond motifs is 3. The molecule has 0 saturated heterocycles. The average molecular weight is 583 g/mol. The van der Waals surface area contributed by atoms with Gasteiger partial charge in [-0.2, -0.15) is 0 Å². The highest BCUT2D eigenvalue weighted by molar-refractivity contribution is 5.98. The number of imidazole rings is 1. The van der Waals surface area contributed by atoms with Gasteiger partial charge in [0.15, 0.2) is 5.82 Å². The van der Waals surface area contributed by atoms with Crippen LogP contribution in [0.1, 0.15) is 36.6 Å². The molecular formula is C30H33Cl2N5O3. The van der Waals surface area contributed by atoms with Crippen LogP contribution >= 0.6 is 24.8 Å². The van der Waals surface area contributed by atoms with Crippen LogP contribution in [-0.4, -0.2) is 39.6 Å². The number of hydrogen-bond donors (Lipinski definition) is 3. The first kappa shape index (κ1) is 30.8. The molecule has 4 N–H and O–H groups in total. The van der Waals surface area contributed by atoms with E-state index in [-0.39, 0.29) is 37.5 Å². The number of nitrogens with zero attached hydrogens (tertiary/aromatic N) is 2. The molecule has 3 aromatic carbocycles. The number of benzene rings is 3. The van der Waals surface area contributed by atoms with Gasteiger partial charge >= 0.3 is 0 Å². The lowest BCUT2D eigenvalue weighted by molar-refractivity contribution is -0.130. The third-order valence-electron chi connectivity index (χ3n) is 6.55. The van der Waals surface area contributed by atoms with Gasteiger partial charge in [-0.25, -0.2) is 4.98 Å². The van der Waals surface area contributed by atoms with Crippen molar-refractivity contribution < 1.29 is 14.3 Å². The number of nitrogens with one attached hydrogen (secondary N) is 2. The maximum absolute atomic E-state index is 13.2. The quantitative estimate of drug-likeness (QED) is 0.233. The minimum atomic E-state index is -1.15. The number of carbonyl (C=O) groups excluding carboxylic acids is 2. The first-order chi connectivity index (χ1) is 18.3. The number of aromatic nitrogens is 2. The highest BCUT2D eigenvalue weighted by Crippen LogP contribution is 2.45. The van der Waals surface area contributed by atoms with Gasteiger partial charge in [0, 0.05) is 6.20 Å². The fourth-order valence-electron chi connectivity index (χ4n) is 4.60. The van der Waals surface area contributed by atoms with E-state index < -0.39 is 23.4 Å². The maximum Gasteiger partial charge on any atom is 0.250 e. The molecule has 210 valence electrons. The lowest BCUT2D eigenvalue weighted by Crippen LogP contribution is -2.56. The van der Waals surface area contributed by atoms with Crippen LogP contribution in [0.4, 0.5) is 5.82 Å². The Morgan fingerprint density at radius 3 is 2.12 bits per heavy atom. The molecule has 1 aromatic heterocycles. The van der Waals surface area contributed by atoms with Crippen molar-refractivity contribution in [2.24, 2.45) is 5.73 Å². The van der Waals surface area contributed by atoms with Crippen molar-refractivity contribution in [3.05, 3.63) is 108 Å². The minimum absolute atomic E-state index is 0. The molecule has 0 aliphatic heterocycles. The summed E-state index contributed by atoms with van der Waals surface area (Å²) in [5.74, 6) is -0.509. The van der Waals surface area contributed by atoms with Crippen molar-refractivity contribution in [1.29, 1.82) is 0 Å². The van der Waals surface area contributed by atoms with Crippen LogP contribution < -0.4 is 16.4 Å². The van der Waals surface area contributed by atoms with E-state index in [0.717, 1.165) is 5.56 Å². The Labute approximate surface area is 246 Å². The largest absolute Gasteiger partial charge is 0.374 e. The molecular weight excluding hydrogens is 549 g/mol. The second-order valence-electron chi connectivity index (χ2n) is 10.0. The second-order valence-corrected chi connectivity index (χ2v) is 10.0. The zero-order valence-corrected chi connectivity index (χ0v) is 23.9. The first-order valence-electron chi connectivity index (χ1n) is 12.6. The fraction of sp³-hybridized carbons (Fsp3) is 0.233. The van der Waals surface area contributed by atoms with Crippen molar-refractivity contribution in [1.82, 2.24) is 14.9 Å². The van der Waals surface area contributed by atoms with Crippen LogP contribution in [0.3, 0.4) is 0 Å². The summed E-state index contributed by atoms with van der Waals surface area (Å²) in [7, 11) is 0. The summed E-state index contributed by atoms with van der Waals surface area (Å²) in [6, 6.07) is 25.2. The van der Waals surface area contributed by atoms with Gasteiger partial charge in [-0.15, -0.1) is 24.8 Å². The van der Waals surface area contributed by atoms with E-state index in [1.807, 2.05) is 59.2 Å². The van der Waals surface area contributed by atoms with E-state index in [2.05, 4.69) is 39.9 Å². The molecule has 10 heteroatoms. The van der Waals surface area contributed by atoms with Crippen LogP contribution in [0.15, 0.2) is 91.4 Å². The van der Waals surface area contributed by atoms with Gasteiger partial charge in [0.2, 0.25) is 5.91 Å². The smallest absolute Gasteiger partial charge is 0.250 e. The zero-order chi connectivity index (χ0) is 26.7. The van der Waals surface area contributed by atoms with Gasteiger partial charge in [-0.3, -0.25) is 9.59 Å². The van der Waals surface area contributed by atoms with E-state index in [1.165, 1.54) is 22.3 Å². The standard InChI is InChI=1S/C30H31N5O3.2ClH/c1-30(2,31)29(37)33-25(18-38-17-20-10-4-3-5-11-20)28(36)34-26-16-35(19-32-26)27-23-14-8-6-12-21(23)22-13-7-9-15-24(22)27;;/h3-16,19,25,27H,17-18,31H2,1-2H3,(H,33,37)(H,34,36);2*1H/t25-;;/m1../s1. The number of carbonyl (C=O) groups is 2. The third-order valence-corrected chi connectivity index (χ3v) is 6.55. The highest BCUT2D eigenvalue weighted by Gasteiger charge is 2.31. The topological polar surface area (TPSA) is 111 Å². The van der Waals surface area contributed by atoms with Crippen LogP contribution in [0.5, 0.6) is 0 Å². The molecule has 1 aliphatic rings. The lowest BCUT2D eigenvalue weighted by atomic mass is 10.1. The SMILES string of the molecule is CC(C)(N)C(=O)N[C@H](COCc1ccccc1)C(=O)Nc1cn(C2c3ccccc3-c3ccccc32)cn1.Cl.Cl. The Morgan fingerprint density at radius 1 is 0.950 bits per heavy atom. The minimum Gasteiger partial charge on any atom is -0.374 e. The van der Waals surface area contributed by atoms with E-state index in [0.29, 0.717) is 12.4 Å². The van der Waals surface area contributed by atoms with Gasteiger partial charge < -0.3 is 25.7 Å². The summed E-state index contributed by atoms with van der Waals surface area (Å²) in [5, 5.41) is 5.55. The van der Waals surface area contributed by atoms with E-state index in [4.69, 9.17) is 10.5 Å². The summed E-state index contributed by atoms with van der Waals surface area (Å²) in [6.45, 7) is 3.45. The summed E-state index contributed by atoms with van der Waals surface area (Å²) in [6.07, 6.45) is 3.51. The molecule has 0 spiro atoms. The summed E-state index contributed by atoms with van der Waals surface area (Å²) >= 11 is 0. The molecule has 0 radical (unpaired) electrons. The van der Waals surface area contributed by atoms with Crippen molar-refractivity contribution >= 4 is 42.4 Å². The van der Waals surface area contributed by atoms with Crippen LogP contribution in [-0.2, 0) is 20.9 Å². The van der Waals surface area contributed by atoms with Gasteiger partial charge in [0.1, 0.15) is 6.04 Å². The zero-order valence-electron chi connectivity index (χ0n) is 22.2. The molecule has 0 fully saturated rings. The number of rotatable bonds is 9. The van der Waals surface area contributed by atoms with Gasteiger partial charge in [0.25, 0.3) is 5.91 Å². The molecule has 4 aromatic rings. The lowest BCUT2D eigenvalue weighted by Gasteiger charge is -2.23. The number of hydrogen-bond acceptors (Lipinski definition) is 5. The Morgan fingerprint density at radius 2 is 1.52 bits per heavy atom. The Hall–Kier alpha value is -3.69. The molecule has 1 heterocycles. The van der Waals surface area contributed by atoms with Crippen molar-refractivity contribution in [2.45, 2.75) is 38.1 Å². The van der Waals surface area contributed by atoms with E-state index >= 15 is 0 Å². The number of amides is 2. The number of halogens is 2. The molecule has 1 aliphatic carbocycles. The van der Waals surface area contributed by atoms with Crippen LogP contribution in [0, 0.1) is 0 Å². The number of nitrogens with two attached hydrogens (primary N) is 1. The van der Waals surface area contributed by atoms with Crippen molar-refractivity contribution in [2.75, 3.05) is 11.9 Å². The van der Waals surface area contributed by atoms with Gasteiger partial charge in [0.05, 0.1) is 31.1 Å². The normalized spacial score (nSPS) is 12.8. The number of ether oxygens (including phenoxy) is 1. The van der Waals surface area contributed by atoms with E-state index in [1.54, 1.807) is 26.4 Å².